The Bertz CT molecular complexity index is 445. The zero-order valence-corrected chi connectivity index (χ0v) is 13.2. The van der Waals surface area contributed by atoms with Crippen LogP contribution in [-0.4, -0.2) is 34.4 Å². The Labute approximate surface area is 122 Å². The average Bonchev–Trinajstić information content (AvgIpc) is 2.47. The molecule has 1 unspecified atom stereocenters. The number of piperidine rings is 1. The highest BCUT2D eigenvalue weighted by atomic mass is 79.9. The van der Waals surface area contributed by atoms with Gasteiger partial charge in [0, 0.05) is 18.0 Å². The summed E-state index contributed by atoms with van der Waals surface area (Å²) in [6, 6.07) is 2.03. The summed E-state index contributed by atoms with van der Waals surface area (Å²) in [7, 11) is 4.97. The third kappa shape index (κ3) is 2.82. The molecule has 1 aliphatic rings. The first-order chi connectivity index (χ1) is 9.22. The second-order valence-electron chi connectivity index (χ2n) is 4.59. The van der Waals surface area contributed by atoms with Gasteiger partial charge in [-0.2, -0.15) is 0 Å². The summed E-state index contributed by atoms with van der Waals surface area (Å²) in [5.74, 6) is 2.69. The lowest BCUT2D eigenvalue weighted by Gasteiger charge is -2.26. The maximum absolute atomic E-state index is 5.56. The van der Waals surface area contributed by atoms with Gasteiger partial charge < -0.3 is 19.5 Å². The molecule has 1 atom stereocenters. The van der Waals surface area contributed by atoms with Crippen molar-refractivity contribution in [1.82, 2.24) is 5.32 Å². The molecule has 0 radical (unpaired) electrons. The van der Waals surface area contributed by atoms with Gasteiger partial charge in [-0.05, 0) is 41.4 Å². The van der Waals surface area contributed by atoms with Crippen LogP contribution in [0.25, 0.3) is 0 Å². The summed E-state index contributed by atoms with van der Waals surface area (Å²) in [4.78, 5) is 0. The van der Waals surface area contributed by atoms with Gasteiger partial charge in [-0.3, -0.25) is 0 Å². The largest absolute Gasteiger partial charge is 0.495 e. The second-order valence-corrected chi connectivity index (χ2v) is 5.38. The highest BCUT2D eigenvalue weighted by molar-refractivity contribution is 9.10. The van der Waals surface area contributed by atoms with Gasteiger partial charge in [0.2, 0.25) is 0 Å². The van der Waals surface area contributed by atoms with Gasteiger partial charge in [0.15, 0.2) is 11.5 Å². The number of methoxy groups -OCH3 is 3. The number of nitrogens with one attached hydrogen (secondary N) is 1. The van der Waals surface area contributed by atoms with E-state index in [1.54, 1.807) is 21.3 Å². The summed E-state index contributed by atoms with van der Waals surface area (Å²) in [6.07, 6.45) is 2.34. The third-order valence-electron chi connectivity index (χ3n) is 3.54. The normalized spacial score (nSPS) is 19.1. The van der Waals surface area contributed by atoms with Crippen molar-refractivity contribution < 1.29 is 14.2 Å². The number of rotatable bonds is 4. The standard InChI is InChI=1S/C14H20BrNO3/c1-17-11-7-10(9-5-4-6-16-8-9)13(18-2)12(15)14(11)19-3/h7,9,16H,4-6,8H2,1-3H3. The molecule has 0 aliphatic carbocycles. The van der Waals surface area contributed by atoms with Crippen LogP contribution in [0.15, 0.2) is 10.5 Å². The average molecular weight is 330 g/mol. The lowest BCUT2D eigenvalue weighted by molar-refractivity contribution is 0.340. The van der Waals surface area contributed by atoms with Gasteiger partial charge in [-0.1, -0.05) is 0 Å². The van der Waals surface area contributed by atoms with Crippen LogP contribution in [-0.2, 0) is 0 Å². The predicted octanol–water partition coefficient (Wildman–Crippen LogP) is 2.94. The van der Waals surface area contributed by atoms with E-state index in [-0.39, 0.29) is 0 Å². The summed E-state index contributed by atoms with van der Waals surface area (Å²) in [5.41, 5.74) is 1.17. The predicted molar refractivity (Wildman–Crippen MR) is 78.6 cm³/mol. The summed E-state index contributed by atoms with van der Waals surface area (Å²) >= 11 is 3.56. The maximum atomic E-state index is 5.56. The van der Waals surface area contributed by atoms with E-state index < -0.39 is 0 Å². The van der Waals surface area contributed by atoms with E-state index in [0.29, 0.717) is 11.7 Å². The highest BCUT2D eigenvalue weighted by Gasteiger charge is 2.25. The van der Waals surface area contributed by atoms with E-state index in [2.05, 4.69) is 21.2 Å². The Morgan fingerprint density at radius 3 is 2.42 bits per heavy atom. The van der Waals surface area contributed by atoms with Crippen molar-refractivity contribution in [2.24, 2.45) is 0 Å². The Kier molecular flexibility index (Phi) is 4.93. The molecule has 19 heavy (non-hydrogen) atoms. The number of ether oxygens (including phenoxy) is 3. The molecule has 0 amide bonds. The zero-order valence-electron chi connectivity index (χ0n) is 11.6. The topological polar surface area (TPSA) is 39.7 Å². The van der Waals surface area contributed by atoms with Gasteiger partial charge in [0.1, 0.15) is 10.2 Å². The fourth-order valence-electron chi connectivity index (χ4n) is 2.58. The van der Waals surface area contributed by atoms with Crippen molar-refractivity contribution in [3.05, 3.63) is 16.1 Å². The van der Waals surface area contributed by atoms with Crippen molar-refractivity contribution >= 4 is 15.9 Å². The summed E-state index contributed by atoms with van der Waals surface area (Å²) in [6.45, 7) is 2.06. The van der Waals surface area contributed by atoms with E-state index in [1.807, 2.05) is 6.07 Å². The molecule has 1 heterocycles. The fourth-order valence-corrected chi connectivity index (χ4v) is 3.33. The van der Waals surface area contributed by atoms with Crippen molar-refractivity contribution in [3.63, 3.8) is 0 Å². The van der Waals surface area contributed by atoms with Crippen LogP contribution >= 0.6 is 15.9 Å². The van der Waals surface area contributed by atoms with Gasteiger partial charge in [-0.25, -0.2) is 0 Å². The molecule has 5 heteroatoms. The number of hydrogen-bond donors (Lipinski definition) is 1. The first-order valence-electron chi connectivity index (χ1n) is 6.42. The molecular weight excluding hydrogens is 310 g/mol. The van der Waals surface area contributed by atoms with E-state index in [1.165, 1.54) is 12.0 Å². The van der Waals surface area contributed by atoms with Crippen LogP contribution in [0.2, 0.25) is 0 Å². The molecule has 1 saturated heterocycles. The van der Waals surface area contributed by atoms with Crippen molar-refractivity contribution in [2.75, 3.05) is 34.4 Å². The molecule has 0 saturated carbocycles. The molecule has 0 aromatic heterocycles. The van der Waals surface area contributed by atoms with Gasteiger partial charge >= 0.3 is 0 Å². The quantitative estimate of drug-likeness (QED) is 0.921. The van der Waals surface area contributed by atoms with E-state index in [0.717, 1.165) is 35.5 Å². The molecule has 1 aliphatic heterocycles. The third-order valence-corrected chi connectivity index (χ3v) is 4.26. The van der Waals surface area contributed by atoms with Gasteiger partial charge in [0.05, 0.1) is 21.3 Å². The summed E-state index contributed by atoms with van der Waals surface area (Å²) in [5, 5.41) is 3.43. The van der Waals surface area contributed by atoms with Crippen LogP contribution in [0.4, 0.5) is 0 Å². The van der Waals surface area contributed by atoms with Crippen LogP contribution in [0, 0.1) is 0 Å². The van der Waals surface area contributed by atoms with Crippen molar-refractivity contribution in [2.45, 2.75) is 18.8 Å². The monoisotopic (exact) mass is 329 g/mol. The zero-order chi connectivity index (χ0) is 13.8. The van der Waals surface area contributed by atoms with Gasteiger partial charge in [0.25, 0.3) is 0 Å². The van der Waals surface area contributed by atoms with Crippen molar-refractivity contribution in [3.8, 4) is 17.2 Å². The van der Waals surface area contributed by atoms with Crippen LogP contribution in [0.1, 0.15) is 24.3 Å². The molecule has 0 bridgehead atoms. The minimum atomic E-state index is 0.444. The number of halogens is 1. The first kappa shape index (κ1) is 14.5. The Balaban J connectivity index is 2.49. The molecule has 1 N–H and O–H groups in total. The van der Waals surface area contributed by atoms with Crippen LogP contribution < -0.4 is 19.5 Å². The number of benzene rings is 1. The molecule has 106 valence electrons. The van der Waals surface area contributed by atoms with E-state index in [4.69, 9.17) is 14.2 Å². The van der Waals surface area contributed by atoms with E-state index in [9.17, 15) is 0 Å². The highest BCUT2D eigenvalue weighted by Crippen LogP contribution is 2.47. The number of hydrogen-bond acceptors (Lipinski definition) is 4. The molecule has 0 spiro atoms. The van der Waals surface area contributed by atoms with Crippen LogP contribution in [0.5, 0.6) is 17.2 Å². The second kappa shape index (κ2) is 6.48. The molecular formula is C14H20BrNO3. The molecule has 1 aromatic carbocycles. The first-order valence-corrected chi connectivity index (χ1v) is 7.21. The maximum Gasteiger partial charge on any atom is 0.178 e. The lowest BCUT2D eigenvalue weighted by atomic mass is 9.90. The van der Waals surface area contributed by atoms with Crippen molar-refractivity contribution in [1.29, 1.82) is 0 Å². The minimum absolute atomic E-state index is 0.444. The Morgan fingerprint density at radius 1 is 1.16 bits per heavy atom. The molecule has 1 aromatic rings. The molecule has 1 fully saturated rings. The Morgan fingerprint density at radius 2 is 1.89 bits per heavy atom. The summed E-state index contributed by atoms with van der Waals surface area (Å²) < 4.78 is 17.2. The van der Waals surface area contributed by atoms with Crippen LogP contribution in [0.3, 0.4) is 0 Å². The lowest BCUT2D eigenvalue weighted by Crippen LogP contribution is -2.28. The SMILES string of the molecule is COc1cc(C2CCCNC2)c(OC)c(Br)c1OC. The van der Waals surface area contributed by atoms with E-state index >= 15 is 0 Å². The minimum Gasteiger partial charge on any atom is -0.495 e. The molecule has 2 rings (SSSR count). The van der Waals surface area contributed by atoms with Gasteiger partial charge in [-0.15, -0.1) is 0 Å². The smallest absolute Gasteiger partial charge is 0.178 e. The fraction of sp³-hybridized carbons (Fsp3) is 0.571. The molecule has 4 nitrogen and oxygen atoms in total. The Hall–Kier alpha value is -0.940.